The molecule has 0 unspecified atom stereocenters. The Morgan fingerprint density at radius 3 is 2.12 bits per heavy atom. The van der Waals surface area contributed by atoms with E-state index in [0.29, 0.717) is 25.2 Å². The van der Waals surface area contributed by atoms with Gasteiger partial charge in [-0.15, -0.1) is 0 Å². The molecular weight excluding hydrogens is 780 g/mol. The normalized spacial score (nSPS) is 53.9. The monoisotopic (exact) mass is 842 g/mol. The van der Waals surface area contributed by atoms with E-state index in [9.17, 15) is 55.9 Å². The summed E-state index contributed by atoms with van der Waals surface area (Å²) in [5, 5.41) is 107. The molecule has 23 atom stereocenters. The van der Waals surface area contributed by atoms with Crippen LogP contribution in [0.4, 0.5) is 0 Å². The molecule has 0 amide bonds. The Kier molecular flexibility index (Phi) is 12.5. The van der Waals surface area contributed by atoms with Crippen molar-refractivity contribution in [3.05, 3.63) is 23.8 Å². The molecule has 8 aliphatic rings. The fraction of sp³-hybridized carbons (Fsp3) is 0.878. The lowest BCUT2D eigenvalue weighted by Gasteiger charge is -2.55. The fourth-order valence-corrected chi connectivity index (χ4v) is 12.1. The lowest BCUT2D eigenvalue weighted by atomic mass is 9.51. The second-order valence-electron chi connectivity index (χ2n) is 18.6. The summed E-state index contributed by atoms with van der Waals surface area (Å²) in [4.78, 5) is 11.8. The van der Waals surface area contributed by atoms with E-state index >= 15 is 0 Å². The van der Waals surface area contributed by atoms with Crippen molar-refractivity contribution in [2.75, 3.05) is 19.8 Å². The highest BCUT2D eigenvalue weighted by molar-refractivity contribution is 5.85. The third-order valence-electron chi connectivity index (χ3n) is 15.6. The van der Waals surface area contributed by atoms with Gasteiger partial charge in [0.2, 0.25) is 0 Å². The van der Waals surface area contributed by atoms with Gasteiger partial charge < -0.3 is 84.2 Å². The molecule has 4 heterocycles. The molecule has 0 aromatic carbocycles. The Morgan fingerprint density at radius 2 is 1.42 bits per heavy atom. The zero-order chi connectivity index (χ0) is 42.3. The van der Waals surface area contributed by atoms with Crippen molar-refractivity contribution in [3.63, 3.8) is 0 Å². The van der Waals surface area contributed by atoms with Crippen LogP contribution in [0.3, 0.4) is 0 Å². The number of cyclic esters (lactones) is 1. The molecule has 7 fully saturated rings. The third kappa shape index (κ3) is 7.65. The van der Waals surface area contributed by atoms with Crippen molar-refractivity contribution >= 4 is 5.97 Å². The first kappa shape index (κ1) is 43.9. The van der Waals surface area contributed by atoms with E-state index in [2.05, 4.69) is 13.5 Å². The zero-order valence-corrected chi connectivity index (χ0v) is 33.4. The van der Waals surface area contributed by atoms with Gasteiger partial charge in [-0.1, -0.05) is 19.1 Å². The maximum atomic E-state index is 12.3. The van der Waals surface area contributed by atoms with Crippen LogP contribution < -0.4 is 0 Å². The third-order valence-corrected chi connectivity index (χ3v) is 15.6. The van der Waals surface area contributed by atoms with Crippen LogP contribution in [0.25, 0.3) is 0 Å². The minimum atomic E-state index is -1.81. The van der Waals surface area contributed by atoms with Crippen LogP contribution in [0.1, 0.15) is 65.2 Å². The minimum absolute atomic E-state index is 0.0358. The summed E-state index contributed by atoms with van der Waals surface area (Å²) in [7, 11) is 0. The number of carbonyl (C=O) groups excluding carboxylic acids is 1. The lowest BCUT2D eigenvalue weighted by molar-refractivity contribution is -0.365. The van der Waals surface area contributed by atoms with Gasteiger partial charge in [0, 0.05) is 17.9 Å². The van der Waals surface area contributed by atoms with Crippen LogP contribution in [0.5, 0.6) is 0 Å². The molecule has 334 valence electrons. The lowest BCUT2D eigenvalue weighted by Crippen LogP contribution is -2.64. The van der Waals surface area contributed by atoms with Crippen LogP contribution in [0.2, 0.25) is 0 Å². The van der Waals surface area contributed by atoms with Gasteiger partial charge in [0.25, 0.3) is 0 Å². The summed E-state index contributed by atoms with van der Waals surface area (Å²) < 4.78 is 40.1. The number of hydrogen-bond acceptors (Lipinski definition) is 18. The second-order valence-corrected chi connectivity index (χ2v) is 18.6. The molecule has 0 radical (unpaired) electrons. The summed E-state index contributed by atoms with van der Waals surface area (Å²) in [6.07, 6.45) is -15.2. The number of esters is 1. The first-order valence-electron chi connectivity index (χ1n) is 21.2. The molecule has 8 rings (SSSR count). The molecule has 0 bridgehead atoms. The first-order valence-corrected chi connectivity index (χ1v) is 21.2. The molecule has 59 heavy (non-hydrogen) atoms. The van der Waals surface area contributed by atoms with Crippen molar-refractivity contribution in [1.29, 1.82) is 0 Å². The van der Waals surface area contributed by atoms with Gasteiger partial charge in [0.1, 0.15) is 73.8 Å². The highest BCUT2D eigenvalue weighted by Gasteiger charge is 2.65. The van der Waals surface area contributed by atoms with Crippen LogP contribution in [-0.4, -0.2) is 181 Å². The van der Waals surface area contributed by atoms with E-state index in [4.69, 9.17) is 33.2 Å². The Labute approximate surface area is 342 Å². The summed E-state index contributed by atoms with van der Waals surface area (Å²) in [6, 6.07) is 0. The van der Waals surface area contributed by atoms with Gasteiger partial charge in [0.15, 0.2) is 18.9 Å². The number of hydrogen-bond donors (Lipinski definition) is 10. The van der Waals surface area contributed by atoms with Crippen molar-refractivity contribution in [2.24, 2.45) is 35.0 Å². The fourth-order valence-electron chi connectivity index (χ4n) is 12.1. The molecule has 0 spiro atoms. The topological polar surface area (TPSA) is 284 Å². The van der Waals surface area contributed by atoms with Crippen molar-refractivity contribution in [2.45, 2.75) is 169 Å². The average Bonchev–Trinajstić information content (AvgIpc) is 3.78. The summed E-state index contributed by atoms with van der Waals surface area (Å²) in [5.74, 6) is 0.396. The quantitative estimate of drug-likeness (QED) is 0.0675. The number of ether oxygens (including phenoxy) is 7. The number of aliphatic hydroxyl groups is 10. The molecular formula is C41H62O18. The molecule has 18 heteroatoms. The second kappa shape index (κ2) is 16.8. The average molecular weight is 843 g/mol. The molecule has 10 N–H and O–H groups in total. The molecule has 0 aromatic rings. The van der Waals surface area contributed by atoms with Crippen molar-refractivity contribution in [1.82, 2.24) is 0 Å². The van der Waals surface area contributed by atoms with E-state index in [0.717, 1.165) is 43.3 Å². The molecule has 4 saturated carbocycles. The number of carbonyl (C=O) groups is 1. The minimum Gasteiger partial charge on any atom is -0.458 e. The largest absolute Gasteiger partial charge is 0.458 e. The number of aliphatic hydroxyl groups excluding tert-OH is 9. The maximum absolute atomic E-state index is 12.3. The van der Waals surface area contributed by atoms with E-state index in [-0.39, 0.29) is 47.8 Å². The van der Waals surface area contributed by atoms with Crippen LogP contribution in [0.15, 0.2) is 23.8 Å². The first-order chi connectivity index (χ1) is 28.0. The van der Waals surface area contributed by atoms with Crippen molar-refractivity contribution < 1.29 is 89.0 Å². The van der Waals surface area contributed by atoms with Gasteiger partial charge in [-0.3, -0.25) is 0 Å². The van der Waals surface area contributed by atoms with Gasteiger partial charge in [-0.05, 0) is 87.0 Å². The van der Waals surface area contributed by atoms with Gasteiger partial charge >= 0.3 is 5.97 Å². The van der Waals surface area contributed by atoms with Crippen LogP contribution >= 0.6 is 0 Å². The summed E-state index contributed by atoms with van der Waals surface area (Å²) in [5.41, 5.74) is 1.08. The van der Waals surface area contributed by atoms with Gasteiger partial charge in [0.05, 0.1) is 31.0 Å². The Hall–Kier alpha value is -1.69. The van der Waals surface area contributed by atoms with Gasteiger partial charge in [-0.2, -0.15) is 0 Å². The van der Waals surface area contributed by atoms with E-state index in [1.165, 1.54) is 0 Å². The smallest absolute Gasteiger partial charge is 0.331 e. The molecule has 18 nitrogen and oxygen atoms in total. The molecule has 0 aromatic heterocycles. The summed E-state index contributed by atoms with van der Waals surface area (Å²) >= 11 is 0. The standard InChI is InChI=1S/C41H62O18/c1-16-21(18-10-27(43)53-14-18)7-9-41(52)22-5-4-19-11-20(6-8-40(19,3)24(22)12-23(16)41)56-38-35(51)32(48)36(17(2)55-38)59-39-34(50)31(47)29(45)26(58-39)15-54-37-33(49)30(46)28(44)25(13-42)57-37/h10,17,19-26,28-39,42,44-52H,1,4-9,11-15H2,2-3H3/t17-,19+,20-,21-,22+,23+,24-,25+,26+,28+,29+,30-,31-,32-,33+,34+,35+,36-,37+,38-,39-,40-,41-/m0/s1. The zero-order valence-electron chi connectivity index (χ0n) is 33.4. The van der Waals surface area contributed by atoms with Crippen LogP contribution in [0, 0.1) is 35.0 Å². The highest BCUT2D eigenvalue weighted by Crippen LogP contribution is 2.67. The Bertz CT molecular complexity index is 1580. The highest BCUT2D eigenvalue weighted by atomic mass is 16.8. The molecule has 4 aliphatic heterocycles. The van der Waals surface area contributed by atoms with E-state index in [1.54, 1.807) is 13.0 Å². The summed E-state index contributed by atoms with van der Waals surface area (Å²) in [6.45, 7) is 7.44. The maximum Gasteiger partial charge on any atom is 0.331 e. The van der Waals surface area contributed by atoms with E-state index < -0.39 is 111 Å². The van der Waals surface area contributed by atoms with E-state index in [1.807, 2.05) is 0 Å². The van der Waals surface area contributed by atoms with Gasteiger partial charge in [-0.25, -0.2) is 4.79 Å². The SMILES string of the molecule is C=C1[C@@H](C2=CC(=O)OC2)CC[C@@]2(O)[C@@H]1C[C@H]1[C@H]2CC[C@@H]2C[C@@H](O[C@@H]3O[C@@H](C)[C@H](O[C@@H]4O[C@H](CO[C@@H]5O[C@H](CO)[C@@H](O)[C@H](O)[C@H]5O)[C@@H](O)[C@H](O)[C@H]4O)[C@@H](O)[C@H]3O)CC[C@@]21C. The number of fused-ring (bicyclic) bond motifs is 5. The Morgan fingerprint density at radius 1 is 0.763 bits per heavy atom. The molecule has 3 saturated heterocycles. The Balaban J connectivity index is 0.860. The molecule has 4 aliphatic carbocycles. The van der Waals surface area contributed by atoms with Crippen molar-refractivity contribution in [3.8, 4) is 0 Å². The predicted molar refractivity (Wildman–Crippen MR) is 198 cm³/mol. The number of rotatable bonds is 9. The predicted octanol–water partition coefficient (Wildman–Crippen LogP) is -2.12. The van der Waals surface area contributed by atoms with Crippen LogP contribution in [-0.2, 0) is 38.0 Å².